The SMILES string of the molecule is COC(=O)C1COCCN1c1n[nH]c(=O)[nH]c1=O. The molecule has 0 amide bonds. The first-order valence-electron chi connectivity index (χ1n) is 5.24. The average molecular weight is 256 g/mol. The summed E-state index contributed by atoms with van der Waals surface area (Å²) in [5, 5.41) is 5.77. The summed E-state index contributed by atoms with van der Waals surface area (Å²) in [6.45, 7) is 0.766. The summed E-state index contributed by atoms with van der Waals surface area (Å²) in [6.07, 6.45) is 0. The maximum Gasteiger partial charge on any atom is 0.342 e. The standard InChI is InChI=1S/C9H12N4O5/c1-17-8(15)5-4-18-3-2-13(5)6-7(14)10-9(16)12-11-6/h5H,2-4H2,1H3,(H2,10,12,14,16). The Morgan fingerprint density at radius 1 is 1.56 bits per heavy atom. The normalized spacial score (nSPS) is 19.6. The van der Waals surface area contributed by atoms with Gasteiger partial charge in [0.05, 0.1) is 20.3 Å². The molecule has 2 heterocycles. The fourth-order valence-corrected chi connectivity index (χ4v) is 1.72. The maximum absolute atomic E-state index is 11.6. The molecule has 9 nitrogen and oxygen atoms in total. The minimum absolute atomic E-state index is 0.0340. The Balaban J connectivity index is 2.36. The number of methoxy groups -OCH3 is 1. The van der Waals surface area contributed by atoms with E-state index in [4.69, 9.17) is 4.74 Å². The van der Waals surface area contributed by atoms with Crippen LogP contribution in [0.1, 0.15) is 0 Å². The Bertz CT molecular complexity index is 550. The van der Waals surface area contributed by atoms with Crippen LogP contribution in [0.3, 0.4) is 0 Å². The van der Waals surface area contributed by atoms with Crippen molar-refractivity contribution < 1.29 is 14.3 Å². The first kappa shape index (κ1) is 12.3. The molecule has 98 valence electrons. The number of esters is 1. The molecule has 1 aliphatic heterocycles. The van der Waals surface area contributed by atoms with Crippen LogP contribution in [0, 0.1) is 0 Å². The van der Waals surface area contributed by atoms with E-state index < -0.39 is 23.3 Å². The number of H-pyrrole nitrogens is 2. The maximum atomic E-state index is 11.6. The molecule has 0 bridgehead atoms. The number of carbonyl (C=O) groups excluding carboxylic acids is 1. The Morgan fingerprint density at radius 3 is 3.00 bits per heavy atom. The van der Waals surface area contributed by atoms with Crippen LogP contribution in [0.4, 0.5) is 5.82 Å². The van der Waals surface area contributed by atoms with Crippen molar-refractivity contribution in [2.45, 2.75) is 6.04 Å². The van der Waals surface area contributed by atoms with Gasteiger partial charge in [-0.3, -0.25) is 9.78 Å². The summed E-state index contributed by atoms with van der Waals surface area (Å²) >= 11 is 0. The Kier molecular flexibility index (Phi) is 3.42. The highest BCUT2D eigenvalue weighted by molar-refractivity contribution is 5.79. The topological polar surface area (TPSA) is 117 Å². The quantitative estimate of drug-likeness (QED) is 0.578. The van der Waals surface area contributed by atoms with Crippen molar-refractivity contribution >= 4 is 11.8 Å². The molecule has 18 heavy (non-hydrogen) atoms. The summed E-state index contributed by atoms with van der Waals surface area (Å²) in [6, 6.07) is -0.747. The molecule has 0 spiro atoms. The number of carbonyl (C=O) groups is 1. The van der Waals surface area contributed by atoms with Gasteiger partial charge in [-0.2, -0.15) is 0 Å². The highest BCUT2D eigenvalue weighted by Gasteiger charge is 2.32. The van der Waals surface area contributed by atoms with Gasteiger partial charge in [-0.1, -0.05) is 0 Å². The molecule has 1 aliphatic rings. The lowest BCUT2D eigenvalue weighted by Gasteiger charge is -2.33. The van der Waals surface area contributed by atoms with E-state index in [1.54, 1.807) is 0 Å². The summed E-state index contributed by atoms with van der Waals surface area (Å²) < 4.78 is 9.80. The second kappa shape index (κ2) is 5.00. The van der Waals surface area contributed by atoms with Crippen LogP contribution in [0.5, 0.6) is 0 Å². The van der Waals surface area contributed by atoms with E-state index in [0.717, 1.165) is 0 Å². The fraction of sp³-hybridized carbons (Fsp3) is 0.556. The first-order chi connectivity index (χ1) is 8.63. The second-order valence-corrected chi connectivity index (χ2v) is 3.64. The van der Waals surface area contributed by atoms with Gasteiger partial charge in [-0.05, 0) is 0 Å². The fourth-order valence-electron chi connectivity index (χ4n) is 1.72. The lowest BCUT2D eigenvalue weighted by atomic mass is 10.2. The zero-order valence-corrected chi connectivity index (χ0v) is 9.63. The number of nitrogens with zero attached hydrogens (tertiary/aromatic N) is 2. The number of hydrogen-bond acceptors (Lipinski definition) is 7. The number of aromatic amines is 2. The summed E-state index contributed by atoms with van der Waals surface area (Å²) in [5.74, 6) is -0.560. The lowest BCUT2D eigenvalue weighted by molar-refractivity contribution is -0.144. The highest BCUT2D eigenvalue weighted by Crippen LogP contribution is 2.13. The van der Waals surface area contributed by atoms with Gasteiger partial charge in [-0.25, -0.2) is 14.7 Å². The van der Waals surface area contributed by atoms with Gasteiger partial charge in [0.2, 0.25) is 5.82 Å². The molecule has 1 aromatic heterocycles. The van der Waals surface area contributed by atoms with Crippen molar-refractivity contribution in [3.05, 3.63) is 20.8 Å². The number of rotatable bonds is 2. The van der Waals surface area contributed by atoms with Crippen molar-refractivity contribution in [2.75, 3.05) is 31.8 Å². The first-order valence-corrected chi connectivity index (χ1v) is 5.24. The van der Waals surface area contributed by atoms with E-state index in [-0.39, 0.29) is 12.4 Å². The van der Waals surface area contributed by atoms with Gasteiger partial charge in [0.25, 0.3) is 5.56 Å². The average Bonchev–Trinajstić information content (AvgIpc) is 2.38. The monoisotopic (exact) mass is 256 g/mol. The molecule has 1 saturated heterocycles. The van der Waals surface area contributed by atoms with Crippen LogP contribution in [0.25, 0.3) is 0 Å². The van der Waals surface area contributed by atoms with Crippen LogP contribution in [0.15, 0.2) is 9.59 Å². The van der Waals surface area contributed by atoms with Gasteiger partial charge >= 0.3 is 11.7 Å². The molecular formula is C9H12N4O5. The lowest BCUT2D eigenvalue weighted by Crippen LogP contribution is -2.53. The Hall–Kier alpha value is -2.16. The second-order valence-electron chi connectivity index (χ2n) is 3.64. The zero-order valence-electron chi connectivity index (χ0n) is 9.63. The van der Waals surface area contributed by atoms with Crippen molar-refractivity contribution in [1.82, 2.24) is 15.2 Å². The Morgan fingerprint density at radius 2 is 2.33 bits per heavy atom. The van der Waals surface area contributed by atoms with Crippen LogP contribution < -0.4 is 16.1 Å². The molecule has 2 N–H and O–H groups in total. The molecule has 1 fully saturated rings. The van der Waals surface area contributed by atoms with Gasteiger partial charge in [-0.15, -0.1) is 5.10 Å². The van der Waals surface area contributed by atoms with E-state index in [1.807, 2.05) is 4.98 Å². The minimum Gasteiger partial charge on any atom is -0.467 e. The minimum atomic E-state index is -0.747. The number of ether oxygens (including phenoxy) is 2. The van der Waals surface area contributed by atoms with E-state index in [1.165, 1.54) is 12.0 Å². The van der Waals surface area contributed by atoms with Gasteiger partial charge < -0.3 is 14.4 Å². The van der Waals surface area contributed by atoms with E-state index in [2.05, 4.69) is 14.9 Å². The van der Waals surface area contributed by atoms with Gasteiger partial charge in [0.15, 0.2) is 6.04 Å². The number of nitrogens with one attached hydrogen (secondary N) is 2. The summed E-state index contributed by atoms with van der Waals surface area (Å²) in [7, 11) is 1.25. The predicted molar refractivity (Wildman–Crippen MR) is 59.4 cm³/mol. The summed E-state index contributed by atoms with van der Waals surface area (Å²) in [4.78, 5) is 37.6. The highest BCUT2D eigenvalue weighted by atomic mass is 16.5. The number of aromatic nitrogens is 3. The molecule has 1 atom stereocenters. The van der Waals surface area contributed by atoms with Crippen molar-refractivity contribution in [1.29, 1.82) is 0 Å². The largest absolute Gasteiger partial charge is 0.467 e. The molecule has 1 aromatic rings. The van der Waals surface area contributed by atoms with Crippen molar-refractivity contribution in [3.63, 3.8) is 0 Å². The number of hydrogen-bond donors (Lipinski definition) is 2. The predicted octanol–water partition coefficient (Wildman–Crippen LogP) is -2.16. The third kappa shape index (κ3) is 2.25. The molecule has 0 aromatic carbocycles. The summed E-state index contributed by atoms with van der Waals surface area (Å²) in [5.41, 5.74) is -1.36. The number of anilines is 1. The molecular weight excluding hydrogens is 244 g/mol. The van der Waals surface area contributed by atoms with Crippen molar-refractivity contribution in [2.24, 2.45) is 0 Å². The van der Waals surface area contributed by atoms with E-state index in [0.29, 0.717) is 13.2 Å². The molecule has 1 unspecified atom stereocenters. The Labute approximate surface area is 101 Å². The molecule has 9 heteroatoms. The third-order valence-corrected chi connectivity index (χ3v) is 2.57. The molecule has 2 rings (SSSR count). The number of morpholine rings is 1. The molecule has 0 radical (unpaired) electrons. The third-order valence-electron chi connectivity index (χ3n) is 2.57. The van der Waals surface area contributed by atoms with Crippen LogP contribution in [-0.4, -0.2) is 54.1 Å². The van der Waals surface area contributed by atoms with Gasteiger partial charge in [0, 0.05) is 6.54 Å². The van der Waals surface area contributed by atoms with E-state index >= 15 is 0 Å². The zero-order chi connectivity index (χ0) is 13.1. The smallest absolute Gasteiger partial charge is 0.342 e. The molecule has 0 saturated carbocycles. The van der Waals surface area contributed by atoms with Crippen LogP contribution in [-0.2, 0) is 14.3 Å². The van der Waals surface area contributed by atoms with Crippen LogP contribution >= 0.6 is 0 Å². The van der Waals surface area contributed by atoms with Crippen LogP contribution in [0.2, 0.25) is 0 Å². The van der Waals surface area contributed by atoms with E-state index in [9.17, 15) is 14.4 Å². The van der Waals surface area contributed by atoms with Gasteiger partial charge in [0.1, 0.15) is 0 Å². The van der Waals surface area contributed by atoms with Crippen molar-refractivity contribution in [3.8, 4) is 0 Å². The molecule has 0 aliphatic carbocycles.